The van der Waals surface area contributed by atoms with Gasteiger partial charge in [0.2, 0.25) is 0 Å². The second-order valence-electron chi connectivity index (χ2n) is 7.12. The summed E-state index contributed by atoms with van der Waals surface area (Å²) in [5.41, 5.74) is 2.88. The van der Waals surface area contributed by atoms with Crippen LogP contribution in [-0.2, 0) is 11.2 Å². The first-order valence-corrected chi connectivity index (χ1v) is 9.92. The molecule has 3 rings (SSSR count). The van der Waals surface area contributed by atoms with Gasteiger partial charge in [-0.3, -0.25) is 4.90 Å². The topological polar surface area (TPSA) is 50.8 Å². The average molecular weight is 397 g/mol. The van der Waals surface area contributed by atoms with Gasteiger partial charge in [0.25, 0.3) is 0 Å². The summed E-state index contributed by atoms with van der Waals surface area (Å²) in [7, 11) is 3.04. The van der Waals surface area contributed by atoms with Crippen molar-refractivity contribution in [2.24, 2.45) is 0 Å². The third kappa shape index (κ3) is 7.72. The van der Waals surface area contributed by atoms with E-state index in [2.05, 4.69) is 34.5 Å². The van der Waals surface area contributed by atoms with E-state index in [0.717, 1.165) is 43.9 Å². The number of esters is 1. The van der Waals surface area contributed by atoms with E-state index in [0.29, 0.717) is 11.6 Å². The number of carbonyl (C=O) groups excluding carboxylic acids is 1. The molecule has 1 fully saturated rings. The standard InChI is InChI=1S/C16H16O3.C8H16N2/c1-18-15-5-3-4-13(11-15)10-12-6-8-14(9-7-12)16(17)19-2;1-3-5-10-6-4-9-8(2)7-10/h3-9,11H,10H2,1-2H3;3,8-9H,1,4-7H2,2H3. The number of hydrogen-bond acceptors (Lipinski definition) is 5. The summed E-state index contributed by atoms with van der Waals surface area (Å²) in [6, 6.07) is 16.0. The van der Waals surface area contributed by atoms with Gasteiger partial charge >= 0.3 is 5.97 Å². The lowest BCUT2D eigenvalue weighted by Gasteiger charge is -2.30. The Balaban J connectivity index is 0.000000253. The maximum absolute atomic E-state index is 11.3. The van der Waals surface area contributed by atoms with E-state index >= 15 is 0 Å². The van der Waals surface area contributed by atoms with Crippen LogP contribution >= 0.6 is 0 Å². The molecule has 5 heteroatoms. The van der Waals surface area contributed by atoms with Crippen molar-refractivity contribution >= 4 is 5.97 Å². The summed E-state index contributed by atoms with van der Waals surface area (Å²) in [6.45, 7) is 10.4. The fraction of sp³-hybridized carbons (Fsp3) is 0.375. The van der Waals surface area contributed by atoms with Gasteiger partial charge in [0, 0.05) is 32.2 Å². The van der Waals surface area contributed by atoms with Crippen LogP contribution in [0.4, 0.5) is 0 Å². The Morgan fingerprint density at radius 1 is 1.21 bits per heavy atom. The quantitative estimate of drug-likeness (QED) is 0.598. The first kappa shape index (κ1) is 22.7. The molecule has 156 valence electrons. The summed E-state index contributed by atoms with van der Waals surface area (Å²) in [6.07, 6.45) is 2.77. The number of nitrogens with zero attached hydrogens (tertiary/aromatic N) is 1. The Labute approximate surface area is 174 Å². The zero-order valence-electron chi connectivity index (χ0n) is 17.7. The number of ether oxygens (including phenoxy) is 2. The minimum Gasteiger partial charge on any atom is -0.497 e. The molecule has 0 radical (unpaired) electrons. The number of nitrogens with one attached hydrogen (secondary N) is 1. The molecule has 1 atom stereocenters. The van der Waals surface area contributed by atoms with Gasteiger partial charge in [-0.2, -0.15) is 0 Å². The maximum Gasteiger partial charge on any atom is 0.337 e. The molecule has 1 N–H and O–H groups in total. The second-order valence-corrected chi connectivity index (χ2v) is 7.12. The van der Waals surface area contributed by atoms with Gasteiger partial charge in [-0.25, -0.2) is 4.79 Å². The minimum absolute atomic E-state index is 0.312. The number of methoxy groups -OCH3 is 2. The summed E-state index contributed by atoms with van der Waals surface area (Å²) >= 11 is 0. The van der Waals surface area contributed by atoms with Crippen LogP contribution in [0.2, 0.25) is 0 Å². The van der Waals surface area contributed by atoms with Crippen LogP contribution in [0.3, 0.4) is 0 Å². The molecule has 1 unspecified atom stereocenters. The molecule has 0 bridgehead atoms. The zero-order chi connectivity index (χ0) is 21.1. The molecule has 0 aliphatic carbocycles. The first-order chi connectivity index (χ1) is 14.0. The van der Waals surface area contributed by atoms with Crippen LogP contribution < -0.4 is 10.1 Å². The molecule has 0 spiro atoms. The molecule has 1 heterocycles. The van der Waals surface area contributed by atoms with Crippen molar-refractivity contribution in [1.29, 1.82) is 0 Å². The van der Waals surface area contributed by atoms with Crippen LogP contribution in [0.15, 0.2) is 61.2 Å². The molecular weight excluding hydrogens is 364 g/mol. The van der Waals surface area contributed by atoms with Crippen molar-refractivity contribution < 1.29 is 14.3 Å². The number of carbonyl (C=O) groups is 1. The first-order valence-electron chi connectivity index (χ1n) is 9.92. The van der Waals surface area contributed by atoms with E-state index in [4.69, 9.17) is 4.74 Å². The molecule has 0 amide bonds. The van der Waals surface area contributed by atoms with Gasteiger partial charge in [0.05, 0.1) is 19.8 Å². The Morgan fingerprint density at radius 2 is 1.97 bits per heavy atom. The lowest BCUT2D eigenvalue weighted by Crippen LogP contribution is -2.49. The van der Waals surface area contributed by atoms with Crippen LogP contribution in [0.5, 0.6) is 5.75 Å². The number of benzene rings is 2. The summed E-state index contributed by atoms with van der Waals surface area (Å²) < 4.78 is 9.87. The summed E-state index contributed by atoms with van der Waals surface area (Å²) in [4.78, 5) is 13.7. The summed E-state index contributed by atoms with van der Waals surface area (Å²) in [5.74, 6) is 0.539. The van der Waals surface area contributed by atoms with Gasteiger partial charge < -0.3 is 14.8 Å². The molecule has 1 aliphatic heterocycles. The van der Waals surface area contributed by atoms with Crippen molar-refractivity contribution in [2.75, 3.05) is 40.4 Å². The molecule has 2 aromatic carbocycles. The monoisotopic (exact) mass is 396 g/mol. The fourth-order valence-corrected chi connectivity index (χ4v) is 3.26. The SMILES string of the molecule is C=CCN1CCNC(C)C1.COC(=O)c1ccc(Cc2cccc(OC)c2)cc1. The maximum atomic E-state index is 11.3. The van der Waals surface area contributed by atoms with Gasteiger partial charge in [0.1, 0.15) is 5.75 Å². The molecule has 5 nitrogen and oxygen atoms in total. The highest BCUT2D eigenvalue weighted by atomic mass is 16.5. The third-order valence-electron chi connectivity index (χ3n) is 4.76. The Morgan fingerprint density at radius 3 is 2.59 bits per heavy atom. The number of piperazine rings is 1. The van der Waals surface area contributed by atoms with Gasteiger partial charge in [0.15, 0.2) is 0 Å². The molecular formula is C24H32N2O3. The Bertz CT molecular complexity index is 774. The van der Waals surface area contributed by atoms with Gasteiger partial charge in [-0.1, -0.05) is 30.3 Å². The smallest absolute Gasteiger partial charge is 0.337 e. The van der Waals surface area contributed by atoms with E-state index < -0.39 is 0 Å². The normalized spacial score (nSPS) is 16.3. The zero-order valence-corrected chi connectivity index (χ0v) is 17.7. The highest BCUT2D eigenvalue weighted by Gasteiger charge is 2.13. The van der Waals surface area contributed by atoms with E-state index in [1.165, 1.54) is 12.7 Å². The lowest BCUT2D eigenvalue weighted by molar-refractivity contribution is 0.0600. The summed E-state index contributed by atoms with van der Waals surface area (Å²) in [5, 5.41) is 3.39. The lowest BCUT2D eigenvalue weighted by atomic mass is 10.0. The van der Waals surface area contributed by atoms with E-state index in [1.54, 1.807) is 19.2 Å². The number of hydrogen-bond donors (Lipinski definition) is 1. The van der Waals surface area contributed by atoms with Gasteiger partial charge in [-0.05, 0) is 48.7 Å². The highest BCUT2D eigenvalue weighted by Crippen LogP contribution is 2.16. The predicted molar refractivity (Wildman–Crippen MR) is 118 cm³/mol. The van der Waals surface area contributed by atoms with Crippen LogP contribution in [0, 0.1) is 0 Å². The average Bonchev–Trinajstić information content (AvgIpc) is 2.74. The predicted octanol–water partition coefficient (Wildman–Crippen LogP) is 3.54. The van der Waals surface area contributed by atoms with Crippen molar-refractivity contribution in [1.82, 2.24) is 10.2 Å². The van der Waals surface area contributed by atoms with Crippen LogP contribution in [-0.4, -0.2) is 57.3 Å². The molecule has 0 aromatic heterocycles. The molecule has 0 saturated carbocycles. The highest BCUT2D eigenvalue weighted by molar-refractivity contribution is 5.89. The van der Waals surface area contributed by atoms with Crippen LogP contribution in [0.1, 0.15) is 28.4 Å². The van der Waals surface area contributed by atoms with Crippen LogP contribution in [0.25, 0.3) is 0 Å². The second kappa shape index (κ2) is 12.0. The van der Waals surface area contributed by atoms with Crippen molar-refractivity contribution in [2.45, 2.75) is 19.4 Å². The van der Waals surface area contributed by atoms with E-state index in [9.17, 15) is 4.79 Å². The van der Waals surface area contributed by atoms with E-state index in [-0.39, 0.29) is 5.97 Å². The number of rotatable bonds is 6. The molecule has 2 aromatic rings. The fourth-order valence-electron chi connectivity index (χ4n) is 3.26. The van der Waals surface area contributed by atoms with Crippen molar-refractivity contribution in [3.63, 3.8) is 0 Å². The Hall–Kier alpha value is -2.63. The third-order valence-corrected chi connectivity index (χ3v) is 4.76. The molecule has 1 saturated heterocycles. The molecule has 1 aliphatic rings. The Kier molecular flexibility index (Phi) is 9.41. The largest absolute Gasteiger partial charge is 0.497 e. The molecule has 29 heavy (non-hydrogen) atoms. The minimum atomic E-state index is -0.312. The van der Waals surface area contributed by atoms with Crippen molar-refractivity contribution in [3.05, 3.63) is 77.9 Å². The van der Waals surface area contributed by atoms with Crippen molar-refractivity contribution in [3.8, 4) is 5.75 Å². The van der Waals surface area contributed by atoms with E-state index in [1.807, 2.05) is 36.4 Å². The van der Waals surface area contributed by atoms with Gasteiger partial charge in [-0.15, -0.1) is 6.58 Å².